The SMILES string of the molecule is O=C(c1ccc2nccc(-c3cccc4[nH]ncc34)c2c1)N1CCOCC1. The third-order valence-corrected chi connectivity index (χ3v) is 5.06. The van der Waals surface area contributed by atoms with E-state index in [1.807, 2.05) is 47.5 Å². The predicted molar refractivity (Wildman–Crippen MR) is 104 cm³/mol. The van der Waals surface area contributed by atoms with Crippen molar-refractivity contribution >= 4 is 27.7 Å². The van der Waals surface area contributed by atoms with Crippen LogP contribution in [-0.2, 0) is 4.74 Å². The summed E-state index contributed by atoms with van der Waals surface area (Å²) in [4.78, 5) is 19.2. The van der Waals surface area contributed by atoms with E-state index in [2.05, 4.69) is 21.2 Å². The van der Waals surface area contributed by atoms with E-state index in [0.717, 1.165) is 32.9 Å². The number of morpholine rings is 1. The average Bonchev–Trinajstić information content (AvgIpc) is 3.22. The molecule has 0 unspecified atom stereocenters. The molecule has 0 saturated carbocycles. The van der Waals surface area contributed by atoms with Crippen molar-refractivity contribution in [2.75, 3.05) is 26.3 Å². The Bertz CT molecular complexity index is 1150. The van der Waals surface area contributed by atoms with Gasteiger partial charge in [-0.25, -0.2) is 0 Å². The number of carbonyl (C=O) groups excluding carboxylic acids is 1. The maximum Gasteiger partial charge on any atom is 0.254 e. The number of carbonyl (C=O) groups is 1. The van der Waals surface area contributed by atoms with Crippen LogP contribution < -0.4 is 0 Å². The number of hydrogen-bond acceptors (Lipinski definition) is 4. The molecule has 134 valence electrons. The second-order valence-electron chi connectivity index (χ2n) is 6.63. The molecule has 6 nitrogen and oxygen atoms in total. The van der Waals surface area contributed by atoms with Gasteiger partial charge in [-0.3, -0.25) is 14.9 Å². The lowest BCUT2D eigenvalue weighted by Gasteiger charge is -2.27. The van der Waals surface area contributed by atoms with Crippen LogP contribution >= 0.6 is 0 Å². The Labute approximate surface area is 155 Å². The lowest BCUT2D eigenvalue weighted by molar-refractivity contribution is 0.0303. The molecule has 2 aromatic heterocycles. The monoisotopic (exact) mass is 358 g/mol. The molecular weight excluding hydrogens is 340 g/mol. The van der Waals surface area contributed by atoms with Gasteiger partial charge in [0, 0.05) is 35.6 Å². The van der Waals surface area contributed by atoms with Crippen molar-refractivity contribution in [3.05, 3.63) is 60.4 Å². The zero-order chi connectivity index (χ0) is 18.2. The van der Waals surface area contributed by atoms with Crippen LogP contribution in [0.25, 0.3) is 32.9 Å². The first-order valence-electron chi connectivity index (χ1n) is 8.99. The standard InChI is InChI=1S/C21H18N4O2/c26-21(25-8-10-27-11-9-25)14-4-5-19-17(12-14)16(6-7-22-19)15-2-1-3-20-18(15)13-23-24-20/h1-7,12-13H,8-11H2,(H,23,24). The molecule has 1 saturated heterocycles. The zero-order valence-electron chi connectivity index (χ0n) is 14.7. The molecule has 1 amide bonds. The van der Waals surface area contributed by atoms with Crippen LogP contribution in [0.2, 0.25) is 0 Å². The number of amides is 1. The Morgan fingerprint density at radius 3 is 2.78 bits per heavy atom. The third kappa shape index (κ3) is 2.74. The lowest BCUT2D eigenvalue weighted by atomic mass is 9.97. The summed E-state index contributed by atoms with van der Waals surface area (Å²) in [5.41, 5.74) is 4.65. The van der Waals surface area contributed by atoms with Crippen LogP contribution in [0.5, 0.6) is 0 Å². The number of nitrogens with one attached hydrogen (secondary N) is 1. The topological polar surface area (TPSA) is 71.1 Å². The highest BCUT2D eigenvalue weighted by molar-refractivity contribution is 6.06. The van der Waals surface area contributed by atoms with Crippen LogP contribution in [-0.4, -0.2) is 52.3 Å². The number of benzene rings is 2. The van der Waals surface area contributed by atoms with E-state index in [1.165, 1.54) is 0 Å². The van der Waals surface area contributed by atoms with Crippen LogP contribution in [0.4, 0.5) is 0 Å². The summed E-state index contributed by atoms with van der Waals surface area (Å²) < 4.78 is 5.35. The van der Waals surface area contributed by atoms with Gasteiger partial charge in [-0.05, 0) is 41.5 Å². The minimum atomic E-state index is 0.0384. The molecule has 5 rings (SSSR count). The number of H-pyrrole nitrogens is 1. The molecule has 0 spiro atoms. The number of ether oxygens (including phenoxy) is 1. The highest BCUT2D eigenvalue weighted by Gasteiger charge is 2.19. The number of nitrogens with zero attached hydrogens (tertiary/aromatic N) is 3. The molecule has 0 atom stereocenters. The minimum Gasteiger partial charge on any atom is -0.378 e. The number of pyridine rings is 1. The molecule has 1 N–H and O–H groups in total. The fourth-order valence-corrected chi connectivity index (χ4v) is 3.67. The summed E-state index contributed by atoms with van der Waals surface area (Å²) in [6, 6.07) is 13.8. The number of aromatic amines is 1. The summed E-state index contributed by atoms with van der Waals surface area (Å²) in [7, 11) is 0. The minimum absolute atomic E-state index is 0.0384. The summed E-state index contributed by atoms with van der Waals surface area (Å²) in [5, 5.41) is 9.19. The Morgan fingerprint density at radius 2 is 1.89 bits per heavy atom. The maximum atomic E-state index is 12.9. The molecule has 0 radical (unpaired) electrons. The van der Waals surface area contributed by atoms with Gasteiger partial charge in [-0.1, -0.05) is 12.1 Å². The van der Waals surface area contributed by atoms with Crippen molar-refractivity contribution in [1.29, 1.82) is 0 Å². The second-order valence-corrected chi connectivity index (χ2v) is 6.63. The van der Waals surface area contributed by atoms with E-state index < -0.39 is 0 Å². The first kappa shape index (κ1) is 16.0. The quantitative estimate of drug-likeness (QED) is 0.597. The van der Waals surface area contributed by atoms with Crippen molar-refractivity contribution in [3.8, 4) is 11.1 Å². The lowest BCUT2D eigenvalue weighted by Crippen LogP contribution is -2.40. The summed E-state index contributed by atoms with van der Waals surface area (Å²) in [6.07, 6.45) is 3.64. The van der Waals surface area contributed by atoms with E-state index in [-0.39, 0.29) is 5.91 Å². The first-order chi connectivity index (χ1) is 13.3. The van der Waals surface area contributed by atoms with E-state index in [9.17, 15) is 4.79 Å². The Kier molecular flexibility index (Phi) is 3.83. The molecule has 0 bridgehead atoms. The molecule has 6 heteroatoms. The molecule has 1 fully saturated rings. The highest BCUT2D eigenvalue weighted by atomic mass is 16.5. The Morgan fingerprint density at radius 1 is 1.04 bits per heavy atom. The molecule has 2 aromatic carbocycles. The molecule has 4 aromatic rings. The van der Waals surface area contributed by atoms with Gasteiger partial charge in [0.1, 0.15) is 0 Å². The molecular formula is C21H18N4O2. The predicted octanol–water partition coefficient (Wildman–Crippen LogP) is 3.25. The Balaban J connectivity index is 1.65. The summed E-state index contributed by atoms with van der Waals surface area (Å²) in [6.45, 7) is 2.44. The number of aromatic nitrogens is 3. The number of hydrogen-bond donors (Lipinski definition) is 1. The van der Waals surface area contributed by atoms with Gasteiger partial charge in [-0.15, -0.1) is 0 Å². The van der Waals surface area contributed by atoms with Gasteiger partial charge in [0.2, 0.25) is 0 Å². The van der Waals surface area contributed by atoms with Gasteiger partial charge >= 0.3 is 0 Å². The third-order valence-electron chi connectivity index (χ3n) is 5.06. The smallest absolute Gasteiger partial charge is 0.254 e. The number of fused-ring (bicyclic) bond motifs is 2. The fraction of sp³-hybridized carbons (Fsp3) is 0.190. The van der Waals surface area contributed by atoms with E-state index >= 15 is 0 Å². The largest absolute Gasteiger partial charge is 0.378 e. The van der Waals surface area contributed by atoms with Crippen molar-refractivity contribution < 1.29 is 9.53 Å². The van der Waals surface area contributed by atoms with Gasteiger partial charge in [-0.2, -0.15) is 5.10 Å². The Hall–Kier alpha value is -3.25. The fourth-order valence-electron chi connectivity index (χ4n) is 3.67. The van der Waals surface area contributed by atoms with Crippen LogP contribution in [0, 0.1) is 0 Å². The van der Waals surface area contributed by atoms with Crippen molar-refractivity contribution in [2.45, 2.75) is 0 Å². The molecule has 3 heterocycles. The van der Waals surface area contributed by atoms with Crippen LogP contribution in [0.3, 0.4) is 0 Å². The van der Waals surface area contributed by atoms with Crippen LogP contribution in [0.1, 0.15) is 10.4 Å². The average molecular weight is 358 g/mol. The summed E-state index contributed by atoms with van der Waals surface area (Å²) in [5.74, 6) is 0.0384. The summed E-state index contributed by atoms with van der Waals surface area (Å²) >= 11 is 0. The van der Waals surface area contributed by atoms with Gasteiger partial charge in [0.05, 0.1) is 30.4 Å². The van der Waals surface area contributed by atoms with E-state index in [0.29, 0.717) is 31.9 Å². The van der Waals surface area contributed by atoms with Crippen LogP contribution in [0.15, 0.2) is 54.9 Å². The first-order valence-corrected chi connectivity index (χ1v) is 8.99. The van der Waals surface area contributed by atoms with Gasteiger partial charge in [0.15, 0.2) is 0 Å². The number of rotatable bonds is 2. The normalized spacial score (nSPS) is 14.7. The van der Waals surface area contributed by atoms with E-state index in [1.54, 1.807) is 6.20 Å². The van der Waals surface area contributed by atoms with Crippen molar-refractivity contribution in [1.82, 2.24) is 20.1 Å². The maximum absolute atomic E-state index is 12.9. The molecule has 1 aliphatic heterocycles. The second kappa shape index (κ2) is 6.48. The molecule has 1 aliphatic rings. The van der Waals surface area contributed by atoms with Crippen molar-refractivity contribution in [2.24, 2.45) is 0 Å². The molecule has 0 aliphatic carbocycles. The van der Waals surface area contributed by atoms with Crippen molar-refractivity contribution in [3.63, 3.8) is 0 Å². The van der Waals surface area contributed by atoms with Gasteiger partial charge in [0.25, 0.3) is 5.91 Å². The molecule has 27 heavy (non-hydrogen) atoms. The van der Waals surface area contributed by atoms with E-state index in [4.69, 9.17) is 4.74 Å². The van der Waals surface area contributed by atoms with Gasteiger partial charge < -0.3 is 9.64 Å². The highest BCUT2D eigenvalue weighted by Crippen LogP contribution is 2.33. The zero-order valence-corrected chi connectivity index (χ0v) is 14.7.